The van der Waals surface area contributed by atoms with Crippen molar-refractivity contribution >= 4 is 11.9 Å². The molecule has 126 valence electrons. The molecule has 1 aromatic carbocycles. The number of esters is 2. The van der Waals surface area contributed by atoms with Crippen LogP contribution in [0.2, 0.25) is 0 Å². The van der Waals surface area contributed by atoms with Gasteiger partial charge in [-0.2, -0.15) is 0 Å². The van der Waals surface area contributed by atoms with Gasteiger partial charge in [0, 0.05) is 6.92 Å². The summed E-state index contributed by atoms with van der Waals surface area (Å²) < 4.78 is 10.2. The highest BCUT2D eigenvalue weighted by Crippen LogP contribution is 2.15. The van der Waals surface area contributed by atoms with E-state index < -0.39 is 0 Å². The molecule has 0 aliphatic rings. The molecule has 0 amide bonds. The van der Waals surface area contributed by atoms with Crippen molar-refractivity contribution in [2.24, 2.45) is 0 Å². The molecule has 0 aliphatic carbocycles. The van der Waals surface area contributed by atoms with Crippen molar-refractivity contribution in [3.05, 3.63) is 47.7 Å². The third-order valence-corrected chi connectivity index (χ3v) is 3.38. The summed E-state index contributed by atoms with van der Waals surface area (Å²) in [5.41, 5.74) is 1.71. The fraction of sp³-hybridized carbons (Fsp3) is 0.474. The molecular weight excluding hydrogens is 292 g/mol. The van der Waals surface area contributed by atoms with Crippen LogP contribution < -0.4 is 0 Å². The van der Waals surface area contributed by atoms with Crippen LogP contribution in [0.3, 0.4) is 0 Å². The normalized spacial score (nSPS) is 11.1. The zero-order valence-corrected chi connectivity index (χ0v) is 14.0. The van der Waals surface area contributed by atoms with Crippen molar-refractivity contribution in [1.82, 2.24) is 0 Å². The zero-order chi connectivity index (χ0) is 16.9. The van der Waals surface area contributed by atoms with Crippen molar-refractivity contribution in [1.29, 1.82) is 0 Å². The Morgan fingerprint density at radius 3 is 2.39 bits per heavy atom. The fourth-order valence-electron chi connectivity index (χ4n) is 2.09. The van der Waals surface area contributed by atoms with Gasteiger partial charge in [0.15, 0.2) is 0 Å². The van der Waals surface area contributed by atoms with Gasteiger partial charge >= 0.3 is 11.9 Å². The number of ether oxygens (including phenoxy) is 2. The molecule has 0 radical (unpaired) electrons. The number of unbranched alkanes of at least 4 members (excludes halogenated alkanes) is 2. The van der Waals surface area contributed by atoms with Crippen LogP contribution in [0.1, 0.15) is 62.7 Å². The lowest BCUT2D eigenvalue weighted by molar-refractivity contribution is -0.135. The van der Waals surface area contributed by atoms with E-state index >= 15 is 0 Å². The molecule has 1 aromatic rings. The lowest BCUT2D eigenvalue weighted by Crippen LogP contribution is -2.06. The van der Waals surface area contributed by atoms with Crippen LogP contribution in [0.25, 0.3) is 0 Å². The van der Waals surface area contributed by atoms with Gasteiger partial charge in [-0.25, -0.2) is 4.79 Å². The summed E-state index contributed by atoms with van der Waals surface area (Å²) >= 11 is 0. The summed E-state index contributed by atoms with van der Waals surface area (Å²) in [5.74, 6) is -0.581. The van der Waals surface area contributed by atoms with Crippen molar-refractivity contribution in [3.63, 3.8) is 0 Å². The molecule has 0 fully saturated rings. The van der Waals surface area contributed by atoms with E-state index in [1.54, 1.807) is 18.4 Å². The maximum atomic E-state index is 11.8. The van der Waals surface area contributed by atoms with E-state index in [0.717, 1.165) is 44.1 Å². The number of allylic oxidation sites excluding steroid dienone is 1. The molecule has 0 saturated heterocycles. The van der Waals surface area contributed by atoms with E-state index in [-0.39, 0.29) is 11.9 Å². The van der Waals surface area contributed by atoms with E-state index in [1.807, 2.05) is 18.2 Å². The van der Waals surface area contributed by atoms with Crippen molar-refractivity contribution < 1.29 is 19.1 Å². The fourth-order valence-corrected chi connectivity index (χ4v) is 2.09. The minimum atomic E-state index is -0.296. The Bertz CT molecular complexity index is 505. The number of carbonyl (C=O) groups is 2. The van der Waals surface area contributed by atoms with Crippen molar-refractivity contribution in [2.45, 2.75) is 52.4 Å². The van der Waals surface area contributed by atoms with Crippen molar-refractivity contribution in [2.75, 3.05) is 6.61 Å². The van der Waals surface area contributed by atoms with Gasteiger partial charge in [-0.15, -0.1) is 0 Å². The summed E-state index contributed by atoms with van der Waals surface area (Å²) in [6, 6.07) is 8.98. The topological polar surface area (TPSA) is 52.6 Å². The summed E-state index contributed by atoms with van der Waals surface area (Å²) in [4.78, 5) is 22.7. The van der Waals surface area contributed by atoms with Crippen LogP contribution in [0.15, 0.2) is 42.2 Å². The highest BCUT2D eigenvalue weighted by molar-refractivity contribution is 5.89. The van der Waals surface area contributed by atoms with Crippen molar-refractivity contribution in [3.8, 4) is 0 Å². The minimum Gasteiger partial charge on any atom is -0.462 e. The van der Waals surface area contributed by atoms with E-state index in [4.69, 9.17) is 9.47 Å². The highest BCUT2D eigenvalue weighted by atomic mass is 16.5. The van der Waals surface area contributed by atoms with E-state index in [0.29, 0.717) is 12.2 Å². The minimum absolute atomic E-state index is 0.285. The Labute approximate surface area is 138 Å². The number of hydrogen-bond acceptors (Lipinski definition) is 4. The molecule has 0 saturated carbocycles. The number of carbonyl (C=O) groups excluding carboxylic acids is 2. The van der Waals surface area contributed by atoms with E-state index in [9.17, 15) is 9.59 Å². The Morgan fingerprint density at radius 1 is 1.04 bits per heavy atom. The second-order valence-corrected chi connectivity index (χ2v) is 5.45. The van der Waals surface area contributed by atoms with Gasteiger partial charge in [0.25, 0.3) is 0 Å². The third kappa shape index (κ3) is 8.81. The monoisotopic (exact) mass is 318 g/mol. The predicted octanol–water partition coefficient (Wildman–Crippen LogP) is 4.65. The van der Waals surface area contributed by atoms with Gasteiger partial charge in [0.1, 0.15) is 0 Å². The Morgan fingerprint density at radius 2 is 1.74 bits per heavy atom. The molecule has 0 N–H and O–H groups in total. The van der Waals surface area contributed by atoms with Gasteiger partial charge in [-0.3, -0.25) is 4.79 Å². The maximum Gasteiger partial charge on any atom is 0.338 e. The van der Waals surface area contributed by atoms with Crippen LogP contribution in [-0.2, 0) is 14.3 Å². The summed E-state index contributed by atoms with van der Waals surface area (Å²) in [5, 5.41) is 0. The third-order valence-electron chi connectivity index (χ3n) is 3.38. The first kappa shape index (κ1) is 18.9. The average molecular weight is 318 g/mol. The highest BCUT2D eigenvalue weighted by Gasteiger charge is 2.05. The molecule has 1 rings (SSSR count). The Kier molecular flexibility index (Phi) is 9.45. The van der Waals surface area contributed by atoms with Gasteiger partial charge < -0.3 is 9.47 Å². The van der Waals surface area contributed by atoms with Crippen LogP contribution >= 0.6 is 0 Å². The predicted molar refractivity (Wildman–Crippen MR) is 89.9 cm³/mol. The van der Waals surface area contributed by atoms with Crippen LogP contribution in [0.5, 0.6) is 0 Å². The van der Waals surface area contributed by atoms with Gasteiger partial charge in [-0.1, -0.05) is 31.5 Å². The largest absolute Gasteiger partial charge is 0.462 e. The second-order valence-electron chi connectivity index (χ2n) is 5.45. The standard InChI is InChI=1S/C19H26O4/c1-3-4-10-17(15-23-16(2)20)11-8-9-14-22-19(21)18-12-6-5-7-13-18/h5-7,12-13,15H,3-4,8-11,14H2,1-2H3/b17-15-. The zero-order valence-electron chi connectivity index (χ0n) is 14.0. The number of rotatable bonds is 10. The first-order valence-electron chi connectivity index (χ1n) is 8.20. The molecule has 0 unspecified atom stereocenters. The Balaban J connectivity index is 2.26. The molecule has 0 atom stereocenters. The molecule has 0 spiro atoms. The van der Waals surface area contributed by atoms with E-state index in [1.165, 1.54) is 6.92 Å². The van der Waals surface area contributed by atoms with Gasteiger partial charge in [0.05, 0.1) is 18.4 Å². The van der Waals surface area contributed by atoms with Crippen LogP contribution in [0, 0.1) is 0 Å². The van der Waals surface area contributed by atoms with Gasteiger partial charge in [-0.05, 0) is 49.8 Å². The SMILES string of the molecule is CCCC/C(=C/OC(C)=O)CCCCOC(=O)c1ccccc1. The molecule has 4 heteroatoms. The average Bonchev–Trinajstić information content (AvgIpc) is 2.56. The van der Waals surface area contributed by atoms with E-state index in [2.05, 4.69) is 6.92 Å². The number of hydrogen-bond donors (Lipinski definition) is 0. The van der Waals surface area contributed by atoms with Crippen LogP contribution in [-0.4, -0.2) is 18.5 Å². The summed E-state index contributed by atoms with van der Waals surface area (Å²) in [6.45, 7) is 3.94. The molecule has 0 heterocycles. The lowest BCUT2D eigenvalue weighted by atomic mass is 10.0. The first-order chi connectivity index (χ1) is 11.1. The molecule has 0 bridgehead atoms. The molecule has 23 heavy (non-hydrogen) atoms. The first-order valence-corrected chi connectivity index (χ1v) is 8.20. The Hall–Kier alpha value is -2.10. The van der Waals surface area contributed by atoms with Gasteiger partial charge in [0.2, 0.25) is 0 Å². The smallest absolute Gasteiger partial charge is 0.338 e. The molecule has 4 nitrogen and oxygen atoms in total. The maximum absolute atomic E-state index is 11.8. The van der Waals surface area contributed by atoms with Crippen LogP contribution in [0.4, 0.5) is 0 Å². The summed E-state index contributed by atoms with van der Waals surface area (Å²) in [6.07, 6.45) is 7.25. The number of benzene rings is 1. The quantitative estimate of drug-likeness (QED) is 0.358. The molecule has 0 aliphatic heterocycles. The molecular formula is C19H26O4. The second kappa shape index (κ2) is 11.5. The lowest BCUT2D eigenvalue weighted by Gasteiger charge is -2.08. The molecule has 0 aromatic heterocycles. The summed E-state index contributed by atoms with van der Waals surface area (Å²) in [7, 11) is 0.